The Balaban J connectivity index is 0.000000124. The predicted molar refractivity (Wildman–Crippen MR) is 421 cm³/mol. The fourth-order valence-electron chi connectivity index (χ4n) is 24.5. The normalized spacial score (nSPS) is 24.5. The molecule has 0 radical (unpaired) electrons. The van der Waals surface area contributed by atoms with E-state index in [1.807, 2.05) is 0 Å². The monoisotopic (exact) mass is 1280 g/mol. The molecule has 0 atom stereocenters. The summed E-state index contributed by atoms with van der Waals surface area (Å²) in [5.41, 5.74) is 23.6. The Morgan fingerprint density at radius 3 is 0.930 bits per heavy atom. The first kappa shape index (κ1) is 56.5. The first-order chi connectivity index (χ1) is 49.5. The summed E-state index contributed by atoms with van der Waals surface area (Å²) in [6.45, 7) is 0. The summed E-state index contributed by atoms with van der Waals surface area (Å²) in [6, 6.07) is 112. The highest BCUT2D eigenvalue weighted by Gasteiger charge is 2.63. The van der Waals surface area contributed by atoms with Gasteiger partial charge in [-0.1, -0.05) is 267 Å². The predicted octanol–water partition coefficient (Wildman–Crippen LogP) is 26.7. The lowest BCUT2D eigenvalue weighted by molar-refractivity contribution is -0.0399. The van der Waals surface area contributed by atoms with Crippen molar-refractivity contribution in [3.63, 3.8) is 0 Å². The van der Waals surface area contributed by atoms with Crippen LogP contribution in [0.1, 0.15) is 86.5 Å². The molecule has 0 heterocycles. The molecule has 0 unspecified atom stereocenters. The van der Waals surface area contributed by atoms with Gasteiger partial charge in [0.05, 0.1) is 0 Å². The van der Waals surface area contributed by atoms with Crippen molar-refractivity contribution >= 4 is 86.2 Å². The zero-order chi connectivity index (χ0) is 65.1. The molecule has 26 rings (SSSR count). The molecular formula is C100H76. The molecule has 8 bridgehead atoms. The minimum atomic E-state index is 0.158. The zero-order valence-electron chi connectivity index (χ0n) is 56.4. The van der Waals surface area contributed by atoms with E-state index in [9.17, 15) is 0 Å². The standard InChI is InChI=1S/2C50H38/c1-2-10-38-32(9-1)17-18-33-28-34(19-21-39(33)38)48-42-12-3-5-14-44(42)49(45-15-6-4-13-43(45)48)35-20-22-41-40-11-7-8-16-46(40)50(47(41)29-35)36-24-30-23-31(26-36)27-37(50)25-30;1-2-12-36-32(11-1)28-45(38-14-4-3-13-37(36)38)49-43-18-7-5-16-41(43)48(42-17-6-8-19-44(42)49)33-21-22-40-39-15-9-10-20-46(39)50(47(40)29-33)34-24-30-23-31(26-34)27-35(50)25-30/h1-22,28-31,36-37H,23-27H2;1-22,28-31,34-35H,23-27H2. The number of hydrogen-bond acceptors (Lipinski definition) is 0. The van der Waals surface area contributed by atoms with Crippen LogP contribution in [-0.2, 0) is 10.8 Å². The van der Waals surface area contributed by atoms with Crippen LogP contribution < -0.4 is 0 Å². The first-order valence-corrected chi connectivity index (χ1v) is 37.7. The van der Waals surface area contributed by atoms with Crippen molar-refractivity contribution < 1.29 is 0 Å². The van der Waals surface area contributed by atoms with E-state index in [2.05, 4.69) is 291 Å². The van der Waals surface area contributed by atoms with Gasteiger partial charge in [0.15, 0.2) is 0 Å². The molecule has 2 spiro atoms. The molecule has 0 saturated heterocycles. The second-order valence-corrected chi connectivity index (χ2v) is 32.1. The lowest BCUT2D eigenvalue weighted by atomic mass is 9.43. The number of benzene rings is 16. The summed E-state index contributed by atoms with van der Waals surface area (Å²) in [7, 11) is 0. The summed E-state index contributed by atoms with van der Waals surface area (Å²) < 4.78 is 0. The van der Waals surface area contributed by atoms with Crippen molar-refractivity contribution in [3.8, 4) is 66.8 Å². The van der Waals surface area contributed by atoms with E-state index in [1.54, 1.807) is 22.3 Å². The van der Waals surface area contributed by atoms with Crippen LogP contribution in [0.4, 0.5) is 0 Å². The fraction of sp³-hybridized carbons (Fsp3) is 0.200. The zero-order valence-corrected chi connectivity index (χ0v) is 56.4. The van der Waals surface area contributed by atoms with Gasteiger partial charge in [-0.25, -0.2) is 0 Å². The summed E-state index contributed by atoms with van der Waals surface area (Å²) in [5.74, 6) is 6.80. The van der Waals surface area contributed by atoms with Crippen molar-refractivity contribution in [1.82, 2.24) is 0 Å². The van der Waals surface area contributed by atoms with Gasteiger partial charge in [-0.05, 0) is 311 Å². The Kier molecular flexibility index (Phi) is 11.9. The van der Waals surface area contributed by atoms with Gasteiger partial charge < -0.3 is 0 Å². The van der Waals surface area contributed by atoms with Crippen LogP contribution in [0.3, 0.4) is 0 Å². The molecule has 0 aromatic heterocycles. The van der Waals surface area contributed by atoms with Gasteiger partial charge in [-0.2, -0.15) is 0 Å². The second kappa shape index (κ2) is 21.1. The molecule has 16 aromatic rings. The SMILES string of the molecule is c1ccc2c(c1)-c1ccc(-c3c4ccccc4c(-c4cc5ccccc5c5ccccc45)c4ccccc34)cc1C21C2CC3CC(C2)CC1C3.c1ccc2c(c1)-c1ccc(-c3c4ccccc4c(-c4ccc5c(ccc6ccccc65)c4)c4ccccc34)cc1C21C2CC3CC(C2)CC1C3. The van der Waals surface area contributed by atoms with Gasteiger partial charge in [0, 0.05) is 10.8 Å². The molecule has 476 valence electrons. The average Bonchev–Trinajstić information content (AvgIpc) is 1.49. The lowest BCUT2D eigenvalue weighted by Gasteiger charge is -2.61. The van der Waals surface area contributed by atoms with Crippen LogP contribution in [0, 0.1) is 47.3 Å². The molecule has 0 amide bonds. The van der Waals surface area contributed by atoms with Gasteiger partial charge in [-0.3, -0.25) is 0 Å². The van der Waals surface area contributed by atoms with Gasteiger partial charge >= 0.3 is 0 Å². The van der Waals surface area contributed by atoms with Gasteiger partial charge in [0.1, 0.15) is 0 Å². The fourth-order valence-corrected chi connectivity index (χ4v) is 24.5. The van der Waals surface area contributed by atoms with E-state index in [4.69, 9.17) is 0 Å². The molecule has 10 aliphatic rings. The maximum atomic E-state index is 2.68. The van der Waals surface area contributed by atoms with Crippen LogP contribution in [0.5, 0.6) is 0 Å². The van der Waals surface area contributed by atoms with E-state index in [0.717, 1.165) is 47.3 Å². The average molecular weight is 1280 g/mol. The van der Waals surface area contributed by atoms with E-state index < -0.39 is 0 Å². The van der Waals surface area contributed by atoms with Crippen molar-refractivity contribution in [3.05, 3.63) is 313 Å². The molecular weight excluding hydrogens is 1200 g/mol. The molecule has 0 aliphatic heterocycles. The summed E-state index contributed by atoms with van der Waals surface area (Å²) in [6.07, 6.45) is 14.2. The summed E-state index contributed by atoms with van der Waals surface area (Å²) in [5, 5.41) is 21.1. The van der Waals surface area contributed by atoms with Crippen molar-refractivity contribution in [2.75, 3.05) is 0 Å². The minimum Gasteiger partial charge on any atom is -0.0619 e. The van der Waals surface area contributed by atoms with Crippen molar-refractivity contribution in [2.24, 2.45) is 47.3 Å². The van der Waals surface area contributed by atoms with E-state index >= 15 is 0 Å². The highest BCUT2D eigenvalue weighted by atomic mass is 14.7. The van der Waals surface area contributed by atoms with E-state index in [-0.39, 0.29) is 10.8 Å². The Hall–Kier alpha value is -10.4. The van der Waals surface area contributed by atoms with Gasteiger partial charge in [0.2, 0.25) is 0 Å². The Bertz CT molecular complexity index is 6040. The molecule has 0 heteroatoms. The Morgan fingerprint density at radius 1 is 0.180 bits per heavy atom. The second-order valence-electron chi connectivity index (χ2n) is 32.1. The summed E-state index contributed by atoms with van der Waals surface area (Å²) in [4.78, 5) is 0. The maximum absolute atomic E-state index is 2.68. The van der Waals surface area contributed by atoms with Gasteiger partial charge in [0.25, 0.3) is 0 Å². The Morgan fingerprint density at radius 2 is 0.480 bits per heavy atom. The third kappa shape index (κ3) is 7.67. The highest BCUT2D eigenvalue weighted by molar-refractivity contribution is 6.26. The smallest absolute Gasteiger partial charge is 0.0272 e. The molecule has 16 aromatic carbocycles. The minimum absolute atomic E-state index is 0.158. The van der Waals surface area contributed by atoms with Crippen molar-refractivity contribution in [1.29, 1.82) is 0 Å². The maximum Gasteiger partial charge on any atom is 0.0272 e. The third-order valence-electron chi connectivity index (χ3n) is 27.6. The third-order valence-corrected chi connectivity index (χ3v) is 27.6. The van der Waals surface area contributed by atoms with E-state index in [1.165, 1.54) is 217 Å². The van der Waals surface area contributed by atoms with E-state index in [0.29, 0.717) is 0 Å². The largest absolute Gasteiger partial charge is 0.0619 e. The summed E-state index contributed by atoms with van der Waals surface area (Å²) >= 11 is 0. The number of rotatable bonds is 4. The molecule has 8 saturated carbocycles. The van der Waals surface area contributed by atoms with Crippen LogP contribution in [0.15, 0.2) is 291 Å². The van der Waals surface area contributed by atoms with Crippen LogP contribution >= 0.6 is 0 Å². The van der Waals surface area contributed by atoms with Crippen molar-refractivity contribution in [2.45, 2.75) is 75.0 Å². The number of fused-ring (bicyclic) bond motifs is 16. The van der Waals surface area contributed by atoms with Crippen LogP contribution in [0.25, 0.3) is 153 Å². The highest BCUT2D eigenvalue weighted by Crippen LogP contribution is 2.72. The topological polar surface area (TPSA) is 0 Å². The molecule has 10 aliphatic carbocycles. The molecule has 0 nitrogen and oxygen atoms in total. The lowest BCUT2D eigenvalue weighted by Crippen LogP contribution is -2.55. The van der Waals surface area contributed by atoms with Crippen LogP contribution in [-0.4, -0.2) is 0 Å². The van der Waals surface area contributed by atoms with Crippen LogP contribution in [0.2, 0.25) is 0 Å². The first-order valence-electron chi connectivity index (χ1n) is 37.7. The number of hydrogen-bond donors (Lipinski definition) is 0. The Labute approximate surface area is 585 Å². The quantitative estimate of drug-likeness (QED) is 0.122. The van der Waals surface area contributed by atoms with Gasteiger partial charge in [-0.15, -0.1) is 0 Å². The molecule has 8 fully saturated rings. The molecule has 0 N–H and O–H groups in total. The molecule has 100 heavy (non-hydrogen) atoms.